The number of nitrogens with two attached hydrogens (primary N) is 1. The van der Waals surface area contributed by atoms with E-state index in [1.54, 1.807) is 24.3 Å². The van der Waals surface area contributed by atoms with Crippen LogP contribution in [-0.2, 0) is 15.6 Å². The summed E-state index contributed by atoms with van der Waals surface area (Å²) in [6, 6.07) is 10.2. The minimum Gasteiger partial charge on any atom is -0.399 e. The molecule has 0 aliphatic rings. The van der Waals surface area contributed by atoms with E-state index in [1.807, 2.05) is 0 Å². The van der Waals surface area contributed by atoms with Crippen LogP contribution >= 0.6 is 11.6 Å². The lowest BCUT2D eigenvalue weighted by Crippen LogP contribution is -2.20. The number of carbonyl (C=O) groups excluding carboxylic acids is 1. The number of amides is 1. The Hall–Kier alpha value is -1.92. The molecule has 0 fully saturated rings. The van der Waals surface area contributed by atoms with Crippen molar-refractivity contribution in [2.75, 3.05) is 16.8 Å². The van der Waals surface area contributed by atoms with E-state index in [-0.39, 0.29) is 11.4 Å². The molecule has 4 nitrogen and oxygen atoms in total. The highest BCUT2D eigenvalue weighted by molar-refractivity contribution is 7.85. The van der Waals surface area contributed by atoms with Crippen LogP contribution in [0.1, 0.15) is 0 Å². The normalized spacial score (nSPS) is 11.9. The second kappa shape index (κ2) is 6.69. The quantitative estimate of drug-likeness (QED) is 0.849. The van der Waals surface area contributed by atoms with Crippen molar-refractivity contribution in [1.29, 1.82) is 0 Å². The Labute approximate surface area is 128 Å². The zero-order valence-electron chi connectivity index (χ0n) is 10.8. The molecule has 3 N–H and O–H groups in total. The highest BCUT2D eigenvalue weighted by Crippen LogP contribution is 2.18. The third kappa shape index (κ3) is 4.27. The van der Waals surface area contributed by atoms with E-state index < -0.39 is 22.5 Å². The van der Waals surface area contributed by atoms with Gasteiger partial charge in [0.05, 0.1) is 16.5 Å². The minimum atomic E-state index is -1.53. The van der Waals surface area contributed by atoms with Crippen LogP contribution in [0.5, 0.6) is 0 Å². The maximum atomic E-state index is 13.5. The van der Waals surface area contributed by atoms with E-state index in [0.717, 1.165) is 6.07 Å². The number of hydrogen-bond acceptors (Lipinski definition) is 3. The van der Waals surface area contributed by atoms with Gasteiger partial charge in [-0.3, -0.25) is 9.00 Å². The second-order valence-electron chi connectivity index (χ2n) is 4.23. The molecule has 1 atom stereocenters. The first-order valence-corrected chi connectivity index (χ1v) is 7.64. The van der Waals surface area contributed by atoms with E-state index >= 15 is 0 Å². The summed E-state index contributed by atoms with van der Waals surface area (Å²) in [5, 5.41) is 2.87. The van der Waals surface area contributed by atoms with Crippen LogP contribution in [0.25, 0.3) is 0 Å². The smallest absolute Gasteiger partial charge is 0.237 e. The van der Waals surface area contributed by atoms with Gasteiger partial charge < -0.3 is 11.1 Å². The van der Waals surface area contributed by atoms with E-state index in [0.29, 0.717) is 15.6 Å². The summed E-state index contributed by atoms with van der Waals surface area (Å²) in [5.41, 5.74) is 5.81. The van der Waals surface area contributed by atoms with Crippen LogP contribution in [0.3, 0.4) is 0 Å². The Morgan fingerprint density at radius 2 is 1.90 bits per heavy atom. The van der Waals surface area contributed by atoms with E-state index in [1.165, 1.54) is 12.1 Å². The van der Waals surface area contributed by atoms with Crippen LogP contribution < -0.4 is 11.1 Å². The lowest BCUT2D eigenvalue weighted by atomic mass is 10.2. The van der Waals surface area contributed by atoms with Gasteiger partial charge in [-0.05, 0) is 42.5 Å². The van der Waals surface area contributed by atoms with Crippen LogP contribution in [0.4, 0.5) is 15.8 Å². The Bertz CT molecular complexity index is 692. The Morgan fingerprint density at radius 1 is 1.24 bits per heavy atom. The van der Waals surface area contributed by atoms with Gasteiger partial charge in [-0.15, -0.1) is 0 Å². The lowest BCUT2D eigenvalue weighted by Gasteiger charge is -2.07. The number of hydrogen-bond donors (Lipinski definition) is 2. The van der Waals surface area contributed by atoms with Crippen molar-refractivity contribution in [1.82, 2.24) is 0 Å². The average molecular weight is 327 g/mol. The van der Waals surface area contributed by atoms with Crippen LogP contribution in [0.2, 0.25) is 5.02 Å². The lowest BCUT2D eigenvalue weighted by molar-refractivity contribution is -0.113. The predicted octanol–water partition coefficient (Wildman–Crippen LogP) is 2.81. The Morgan fingerprint density at radius 3 is 2.57 bits per heavy atom. The molecule has 0 saturated heterocycles. The molecule has 0 bridgehead atoms. The topological polar surface area (TPSA) is 72.2 Å². The van der Waals surface area contributed by atoms with Gasteiger partial charge in [0.25, 0.3) is 0 Å². The molecule has 1 amide bonds. The van der Waals surface area contributed by atoms with Crippen molar-refractivity contribution in [3.8, 4) is 0 Å². The molecule has 0 heterocycles. The molecule has 0 spiro atoms. The van der Waals surface area contributed by atoms with Crippen molar-refractivity contribution in [3.05, 3.63) is 53.3 Å². The largest absolute Gasteiger partial charge is 0.399 e. The Kier molecular flexibility index (Phi) is 4.93. The van der Waals surface area contributed by atoms with E-state index in [2.05, 4.69) is 5.32 Å². The average Bonchev–Trinajstić information content (AvgIpc) is 2.43. The predicted molar refractivity (Wildman–Crippen MR) is 82.2 cm³/mol. The summed E-state index contributed by atoms with van der Waals surface area (Å²) in [4.78, 5) is 12.3. The monoisotopic (exact) mass is 326 g/mol. The highest BCUT2D eigenvalue weighted by atomic mass is 35.5. The van der Waals surface area contributed by atoms with E-state index in [4.69, 9.17) is 17.3 Å². The minimum absolute atomic E-state index is 0.0342. The molecule has 0 aromatic heterocycles. The third-order valence-electron chi connectivity index (χ3n) is 2.60. The summed E-state index contributed by atoms with van der Waals surface area (Å²) in [5.74, 6) is -1.45. The molecule has 0 aliphatic carbocycles. The maximum absolute atomic E-state index is 13.5. The van der Waals surface area contributed by atoms with Crippen molar-refractivity contribution < 1.29 is 13.4 Å². The first kappa shape index (κ1) is 15.5. The van der Waals surface area contributed by atoms with Gasteiger partial charge >= 0.3 is 0 Å². The van der Waals surface area contributed by atoms with E-state index in [9.17, 15) is 13.4 Å². The molecule has 0 aliphatic heterocycles. The third-order valence-corrected chi connectivity index (χ3v) is 4.18. The number of halogens is 2. The Balaban J connectivity index is 2.03. The molecule has 2 aromatic carbocycles. The molecule has 21 heavy (non-hydrogen) atoms. The van der Waals surface area contributed by atoms with Crippen LogP contribution in [0.15, 0.2) is 47.4 Å². The molecular formula is C14H12ClFN2O2S. The van der Waals surface area contributed by atoms with Gasteiger partial charge in [-0.2, -0.15) is 0 Å². The van der Waals surface area contributed by atoms with Crippen LogP contribution in [-0.4, -0.2) is 15.9 Å². The van der Waals surface area contributed by atoms with Crippen molar-refractivity contribution in [2.45, 2.75) is 4.90 Å². The molecule has 0 radical (unpaired) electrons. The van der Waals surface area contributed by atoms with Gasteiger partial charge in [0.2, 0.25) is 5.91 Å². The first-order chi connectivity index (χ1) is 9.95. The summed E-state index contributed by atoms with van der Waals surface area (Å²) in [6.07, 6.45) is 0. The van der Waals surface area contributed by atoms with Gasteiger partial charge in [0, 0.05) is 15.6 Å². The number of anilines is 2. The molecular weight excluding hydrogens is 315 g/mol. The number of rotatable bonds is 4. The number of carbonyl (C=O) groups is 1. The second-order valence-corrected chi connectivity index (χ2v) is 6.12. The van der Waals surface area contributed by atoms with Gasteiger partial charge in [0.15, 0.2) is 0 Å². The molecule has 110 valence electrons. The van der Waals surface area contributed by atoms with Gasteiger partial charge in [-0.1, -0.05) is 11.6 Å². The van der Waals surface area contributed by atoms with Crippen molar-refractivity contribution >= 4 is 39.7 Å². The summed E-state index contributed by atoms with van der Waals surface area (Å²) in [6.45, 7) is 0. The number of nitrogens with one attached hydrogen (secondary N) is 1. The zero-order valence-corrected chi connectivity index (χ0v) is 12.4. The highest BCUT2D eigenvalue weighted by Gasteiger charge is 2.12. The van der Waals surface area contributed by atoms with Crippen LogP contribution in [0, 0.1) is 5.82 Å². The summed E-state index contributed by atoms with van der Waals surface area (Å²) < 4.78 is 25.5. The number of benzene rings is 2. The van der Waals surface area contributed by atoms with Gasteiger partial charge in [0.1, 0.15) is 11.6 Å². The fraction of sp³-hybridized carbons (Fsp3) is 0.0714. The number of nitrogen functional groups attached to an aromatic ring is 1. The molecule has 0 saturated carbocycles. The fourth-order valence-corrected chi connectivity index (χ4v) is 2.66. The van der Waals surface area contributed by atoms with Crippen molar-refractivity contribution in [2.24, 2.45) is 0 Å². The molecule has 7 heteroatoms. The molecule has 2 aromatic rings. The zero-order chi connectivity index (χ0) is 15.4. The first-order valence-electron chi connectivity index (χ1n) is 5.94. The van der Waals surface area contributed by atoms with Gasteiger partial charge in [-0.25, -0.2) is 4.39 Å². The molecule has 2 rings (SSSR count). The summed E-state index contributed by atoms with van der Waals surface area (Å²) in [7, 11) is -1.53. The standard InChI is InChI=1S/C14H12ClFN2O2S/c15-9-1-4-11(5-2-9)21(20)8-14(19)18-13-7-10(17)3-6-12(13)16/h1-7H,8,17H2,(H,18,19). The van der Waals surface area contributed by atoms with Crippen molar-refractivity contribution in [3.63, 3.8) is 0 Å². The molecule has 1 unspecified atom stereocenters. The fourth-order valence-electron chi connectivity index (χ4n) is 1.61. The maximum Gasteiger partial charge on any atom is 0.237 e. The summed E-state index contributed by atoms with van der Waals surface area (Å²) >= 11 is 5.73. The SMILES string of the molecule is Nc1ccc(F)c(NC(=O)CS(=O)c2ccc(Cl)cc2)c1.